The Labute approximate surface area is 168 Å². The zero-order chi connectivity index (χ0) is 20.4. The van der Waals surface area contributed by atoms with Crippen molar-refractivity contribution in [1.29, 1.82) is 0 Å². The zero-order valence-electron chi connectivity index (χ0n) is 16.4. The van der Waals surface area contributed by atoms with Crippen LogP contribution < -0.4 is 10.2 Å². The molecule has 29 heavy (non-hydrogen) atoms. The smallest absolute Gasteiger partial charge is 0.229 e. The minimum Gasteiger partial charge on any atom is -0.339 e. The Hall–Kier alpha value is -3.48. The second-order valence-corrected chi connectivity index (χ2v) is 7.18. The molecule has 0 spiro atoms. The van der Waals surface area contributed by atoms with Gasteiger partial charge < -0.3 is 14.7 Å². The Morgan fingerprint density at radius 1 is 1.24 bits per heavy atom. The fourth-order valence-corrected chi connectivity index (χ4v) is 3.35. The Kier molecular flexibility index (Phi) is 5.12. The number of anilines is 2. The highest BCUT2D eigenvalue weighted by molar-refractivity contribution is 6.03. The summed E-state index contributed by atoms with van der Waals surface area (Å²) in [6, 6.07) is 15.0. The summed E-state index contributed by atoms with van der Waals surface area (Å²) in [6.45, 7) is 4.31. The Bertz CT molecular complexity index is 1040. The number of aryl methyl sites for hydroxylation is 2. The van der Waals surface area contributed by atoms with Crippen LogP contribution in [0.4, 0.5) is 11.4 Å². The normalized spacial score (nSPS) is 16.3. The monoisotopic (exact) mass is 390 g/mol. The van der Waals surface area contributed by atoms with Crippen LogP contribution in [0, 0.1) is 12.8 Å². The first-order chi connectivity index (χ1) is 14.0. The first-order valence-corrected chi connectivity index (χ1v) is 9.64. The lowest BCUT2D eigenvalue weighted by Gasteiger charge is -2.17. The van der Waals surface area contributed by atoms with Crippen LogP contribution >= 0.6 is 0 Å². The van der Waals surface area contributed by atoms with E-state index < -0.39 is 5.92 Å². The molecule has 0 radical (unpaired) electrons. The Balaban J connectivity index is 1.45. The van der Waals surface area contributed by atoms with Crippen LogP contribution in [-0.2, 0) is 16.0 Å². The highest BCUT2D eigenvalue weighted by atomic mass is 16.5. The summed E-state index contributed by atoms with van der Waals surface area (Å²) in [4.78, 5) is 31.2. The van der Waals surface area contributed by atoms with Crippen LogP contribution in [0.2, 0.25) is 0 Å². The van der Waals surface area contributed by atoms with Crippen molar-refractivity contribution < 1.29 is 14.1 Å². The van der Waals surface area contributed by atoms with Crippen LogP contribution in [0.3, 0.4) is 0 Å². The van der Waals surface area contributed by atoms with Gasteiger partial charge in [-0.05, 0) is 31.2 Å². The lowest BCUT2D eigenvalue weighted by Crippen LogP contribution is -2.28. The number of amides is 2. The highest BCUT2D eigenvalue weighted by Gasteiger charge is 2.35. The topological polar surface area (TPSA) is 88.3 Å². The SMILES string of the molecule is CCc1nc(-c2cccc(NC(=O)[C@H]3CC(=O)N(c4ccc(C)cc4)C3)c2)no1. The van der Waals surface area contributed by atoms with Gasteiger partial charge in [0, 0.05) is 36.3 Å². The zero-order valence-corrected chi connectivity index (χ0v) is 16.4. The third-order valence-corrected chi connectivity index (χ3v) is 5.00. The molecule has 148 valence electrons. The summed E-state index contributed by atoms with van der Waals surface area (Å²) in [5.41, 5.74) is 3.34. The quantitative estimate of drug-likeness (QED) is 0.719. The van der Waals surface area contributed by atoms with Gasteiger partial charge in [-0.3, -0.25) is 9.59 Å². The van der Waals surface area contributed by atoms with Crippen LogP contribution in [0.25, 0.3) is 11.4 Å². The van der Waals surface area contributed by atoms with E-state index in [1.165, 1.54) is 0 Å². The van der Waals surface area contributed by atoms with Gasteiger partial charge in [-0.15, -0.1) is 0 Å². The summed E-state index contributed by atoms with van der Waals surface area (Å²) in [5.74, 6) is 0.438. The van der Waals surface area contributed by atoms with Crippen molar-refractivity contribution in [1.82, 2.24) is 10.1 Å². The molecule has 1 saturated heterocycles. The van der Waals surface area contributed by atoms with E-state index in [2.05, 4.69) is 15.5 Å². The fourth-order valence-electron chi connectivity index (χ4n) is 3.35. The van der Waals surface area contributed by atoms with Gasteiger partial charge >= 0.3 is 0 Å². The number of rotatable bonds is 5. The fraction of sp³-hybridized carbons (Fsp3) is 0.273. The first kappa shape index (κ1) is 18.9. The molecule has 4 rings (SSSR count). The lowest BCUT2D eigenvalue weighted by molar-refractivity contribution is -0.122. The van der Waals surface area contributed by atoms with Crippen molar-refractivity contribution in [2.24, 2.45) is 5.92 Å². The number of nitrogens with one attached hydrogen (secondary N) is 1. The molecule has 0 saturated carbocycles. The van der Waals surface area contributed by atoms with Gasteiger partial charge in [0.15, 0.2) is 0 Å². The van der Waals surface area contributed by atoms with Crippen LogP contribution in [0.5, 0.6) is 0 Å². The molecule has 0 bridgehead atoms. The number of aromatic nitrogens is 2. The summed E-state index contributed by atoms with van der Waals surface area (Å²) in [5, 5.41) is 6.88. The van der Waals surface area contributed by atoms with Crippen molar-refractivity contribution in [3.05, 3.63) is 60.0 Å². The number of nitrogens with zero attached hydrogens (tertiary/aromatic N) is 3. The second kappa shape index (κ2) is 7.87. The molecule has 1 atom stereocenters. The van der Waals surface area contributed by atoms with Crippen LogP contribution in [-0.4, -0.2) is 28.5 Å². The largest absolute Gasteiger partial charge is 0.339 e. The predicted octanol–water partition coefficient (Wildman–Crippen LogP) is 3.60. The van der Waals surface area contributed by atoms with E-state index in [9.17, 15) is 9.59 Å². The number of hydrogen-bond acceptors (Lipinski definition) is 5. The van der Waals surface area contributed by atoms with Gasteiger partial charge in [-0.2, -0.15) is 4.98 Å². The van der Waals surface area contributed by atoms with E-state index in [0.717, 1.165) is 16.8 Å². The molecule has 1 N–H and O–H groups in total. The lowest BCUT2D eigenvalue weighted by atomic mass is 10.1. The van der Waals surface area contributed by atoms with Gasteiger partial charge in [0.05, 0.1) is 5.92 Å². The number of hydrogen-bond donors (Lipinski definition) is 1. The van der Waals surface area contributed by atoms with E-state index in [0.29, 0.717) is 30.4 Å². The molecule has 2 heterocycles. The summed E-state index contributed by atoms with van der Waals surface area (Å²) < 4.78 is 5.15. The molecule has 2 aromatic carbocycles. The van der Waals surface area contributed by atoms with Crippen molar-refractivity contribution in [3.63, 3.8) is 0 Å². The average molecular weight is 390 g/mol. The number of benzene rings is 2. The first-order valence-electron chi connectivity index (χ1n) is 9.64. The van der Waals surface area contributed by atoms with Gasteiger partial charge in [-0.25, -0.2) is 0 Å². The third-order valence-electron chi connectivity index (χ3n) is 5.00. The van der Waals surface area contributed by atoms with Crippen molar-refractivity contribution in [2.75, 3.05) is 16.8 Å². The minimum atomic E-state index is -0.399. The molecule has 7 nitrogen and oxygen atoms in total. The van der Waals surface area contributed by atoms with Crippen molar-refractivity contribution in [3.8, 4) is 11.4 Å². The van der Waals surface area contributed by atoms with E-state index in [-0.39, 0.29) is 18.2 Å². The maximum absolute atomic E-state index is 12.7. The summed E-state index contributed by atoms with van der Waals surface area (Å²) in [7, 11) is 0. The van der Waals surface area contributed by atoms with Crippen LogP contribution in [0.1, 0.15) is 24.8 Å². The molecule has 3 aromatic rings. The van der Waals surface area contributed by atoms with Crippen molar-refractivity contribution >= 4 is 23.2 Å². The summed E-state index contributed by atoms with van der Waals surface area (Å²) in [6.07, 6.45) is 0.862. The molecule has 2 amide bonds. The van der Waals surface area contributed by atoms with E-state index in [1.54, 1.807) is 17.0 Å². The van der Waals surface area contributed by atoms with Gasteiger partial charge in [0.2, 0.25) is 23.5 Å². The number of carbonyl (C=O) groups excluding carboxylic acids is 2. The Morgan fingerprint density at radius 3 is 2.76 bits per heavy atom. The maximum Gasteiger partial charge on any atom is 0.229 e. The van der Waals surface area contributed by atoms with Crippen molar-refractivity contribution in [2.45, 2.75) is 26.7 Å². The standard InChI is InChI=1S/C22H22N4O3/c1-3-19-24-21(25-29-19)15-5-4-6-17(11-15)23-22(28)16-12-20(27)26(13-16)18-9-7-14(2)8-10-18/h4-11,16H,3,12-13H2,1-2H3,(H,23,28)/t16-/m0/s1. The van der Waals surface area contributed by atoms with Gasteiger partial charge in [-0.1, -0.05) is 41.9 Å². The molecular formula is C22H22N4O3. The molecule has 1 aliphatic rings. The molecular weight excluding hydrogens is 368 g/mol. The van der Waals surface area contributed by atoms with E-state index in [4.69, 9.17) is 4.52 Å². The predicted molar refractivity (Wildman–Crippen MR) is 109 cm³/mol. The third kappa shape index (κ3) is 4.03. The summed E-state index contributed by atoms with van der Waals surface area (Å²) >= 11 is 0. The second-order valence-electron chi connectivity index (χ2n) is 7.18. The molecule has 1 fully saturated rings. The molecule has 1 aliphatic heterocycles. The molecule has 1 aromatic heterocycles. The maximum atomic E-state index is 12.7. The van der Waals surface area contributed by atoms with E-state index in [1.807, 2.05) is 50.2 Å². The van der Waals surface area contributed by atoms with Gasteiger partial charge in [0.25, 0.3) is 0 Å². The van der Waals surface area contributed by atoms with Gasteiger partial charge in [0.1, 0.15) is 0 Å². The van der Waals surface area contributed by atoms with Crippen LogP contribution in [0.15, 0.2) is 53.1 Å². The molecule has 7 heteroatoms. The molecule has 0 aliphatic carbocycles. The molecule has 0 unspecified atom stereocenters. The minimum absolute atomic E-state index is 0.0401. The Morgan fingerprint density at radius 2 is 2.03 bits per heavy atom. The highest BCUT2D eigenvalue weighted by Crippen LogP contribution is 2.27. The number of carbonyl (C=O) groups is 2. The average Bonchev–Trinajstić information content (AvgIpc) is 3.36. The van der Waals surface area contributed by atoms with E-state index >= 15 is 0 Å².